The number of methoxy groups -OCH3 is 1. The van der Waals surface area contributed by atoms with E-state index in [4.69, 9.17) is 9.84 Å². The van der Waals surface area contributed by atoms with Gasteiger partial charge in [-0.2, -0.15) is 0 Å². The van der Waals surface area contributed by atoms with E-state index in [0.717, 1.165) is 0 Å². The van der Waals surface area contributed by atoms with E-state index in [1.165, 1.54) is 36.3 Å². The number of rotatable bonds is 6. The lowest BCUT2D eigenvalue weighted by atomic mass is 10.1. The zero-order valence-electron chi connectivity index (χ0n) is 12.8. The van der Waals surface area contributed by atoms with Crippen LogP contribution in [0.4, 0.5) is 4.39 Å². The summed E-state index contributed by atoms with van der Waals surface area (Å²) in [6.45, 7) is 0.295. The molecule has 0 aromatic heterocycles. The van der Waals surface area contributed by atoms with Gasteiger partial charge in [-0.05, 0) is 24.1 Å². The molecule has 1 aromatic carbocycles. The molecule has 0 bridgehead atoms. The fourth-order valence-corrected chi connectivity index (χ4v) is 2.86. The number of nitrogens with zero attached hydrogens (tertiary/aromatic N) is 1. The van der Waals surface area contributed by atoms with E-state index < -0.39 is 23.9 Å². The number of amides is 1. The molecule has 1 aromatic rings. The van der Waals surface area contributed by atoms with Gasteiger partial charge in [-0.3, -0.25) is 9.59 Å². The van der Waals surface area contributed by atoms with Gasteiger partial charge in [0, 0.05) is 19.7 Å². The third-order valence-corrected chi connectivity index (χ3v) is 4.04. The number of carboxylic acids is 1. The Bertz CT molecular complexity index is 579. The number of ether oxygens (including phenoxy) is 1. The van der Waals surface area contributed by atoms with Crippen molar-refractivity contribution in [1.29, 1.82) is 0 Å². The van der Waals surface area contributed by atoms with E-state index in [0.29, 0.717) is 18.5 Å². The normalized spacial score (nSPS) is 22.1. The predicted octanol–water partition coefficient (Wildman–Crippen LogP) is 1.34. The number of carbonyl (C=O) groups is 2. The maximum Gasteiger partial charge on any atom is 0.305 e. The van der Waals surface area contributed by atoms with Crippen LogP contribution in [0.1, 0.15) is 30.9 Å². The first-order valence-corrected chi connectivity index (χ1v) is 7.38. The zero-order valence-corrected chi connectivity index (χ0v) is 12.8. The minimum absolute atomic E-state index is 0.165. The van der Waals surface area contributed by atoms with Gasteiger partial charge in [0.05, 0.1) is 25.0 Å². The van der Waals surface area contributed by atoms with Crippen LogP contribution in [0.3, 0.4) is 0 Å². The molecule has 0 saturated carbocycles. The number of likely N-dealkylation sites (tertiary alicyclic amines) is 1. The SMILES string of the molecule is COC1CC(CC(=O)O)N(C(=O)CC(O)c2cccc(F)c2)C1. The Hall–Kier alpha value is -1.99. The van der Waals surface area contributed by atoms with Crippen molar-refractivity contribution in [2.24, 2.45) is 0 Å². The van der Waals surface area contributed by atoms with Gasteiger partial charge in [0.2, 0.25) is 5.91 Å². The fraction of sp³-hybridized carbons (Fsp3) is 0.500. The molecule has 1 saturated heterocycles. The van der Waals surface area contributed by atoms with Crippen LogP contribution in [0.25, 0.3) is 0 Å². The lowest BCUT2D eigenvalue weighted by Crippen LogP contribution is -2.38. The number of benzene rings is 1. The number of aliphatic carboxylic acids is 1. The molecule has 0 aliphatic carbocycles. The summed E-state index contributed by atoms with van der Waals surface area (Å²) in [6.07, 6.45) is -1.29. The summed E-state index contributed by atoms with van der Waals surface area (Å²) in [5.74, 6) is -1.85. The third-order valence-electron chi connectivity index (χ3n) is 4.04. The number of aliphatic hydroxyl groups excluding tert-OH is 1. The summed E-state index contributed by atoms with van der Waals surface area (Å²) in [6, 6.07) is 4.98. The summed E-state index contributed by atoms with van der Waals surface area (Å²) in [4.78, 5) is 24.8. The van der Waals surface area contributed by atoms with E-state index in [9.17, 15) is 19.1 Å². The Morgan fingerprint density at radius 3 is 2.83 bits per heavy atom. The molecule has 3 atom stereocenters. The lowest BCUT2D eigenvalue weighted by molar-refractivity contribution is -0.140. The average Bonchev–Trinajstić information content (AvgIpc) is 2.89. The molecule has 1 fully saturated rings. The minimum Gasteiger partial charge on any atom is -0.481 e. The Balaban J connectivity index is 2.04. The van der Waals surface area contributed by atoms with E-state index in [1.807, 2.05) is 0 Å². The smallest absolute Gasteiger partial charge is 0.305 e. The fourth-order valence-electron chi connectivity index (χ4n) is 2.86. The van der Waals surface area contributed by atoms with Gasteiger partial charge in [0.25, 0.3) is 0 Å². The van der Waals surface area contributed by atoms with Gasteiger partial charge in [0.1, 0.15) is 5.82 Å². The molecule has 2 rings (SSSR count). The standard InChI is InChI=1S/C16H20FNO5/c1-23-13-6-12(7-16(21)22)18(9-13)15(20)8-14(19)10-3-2-4-11(17)5-10/h2-5,12-14,19H,6-9H2,1H3,(H,21,22). The molecule has 126 valence electrons. The number of aliphatic hydroxyl groups is 1. The molecule has 1 aliphatic rings. The van der Waals surface area contributed by atoms with Crippen LogP contribution in [0, 0.1) is 5.82 Å². The second-order valence-electron chi connectivity index (χ2n) is 5.67. The molecule has 1 heterocycles. The van der Waals surface area contributed by atoms with Gasteiger partial charge < -0.3 is 19.8 Å². The van der Waals surface area contributed by atoms with Gasteiger partial charge in [0.15, 0.2) is 0 Å². The molecule has 6 nitrogen and oxygen atoms in total. The van der Waals surface area contributed by atoms with Crippen molar-refractivity contribution in [3.63, 3.8) is 0 Å². The summed E-state index contributed by atoms with van der Waals surface area (Å²) < 4.78 is 18.4. The predicted molar refractivity (Wildman–Crippen MR) is 79.1 cm³/mol. The van der Waals surface area contributed by atoms with Crippen molar-refractivity contribution in [3.05, 3.63) is 35.6 Å². The maximum atomic E-state index is 13.2. The first-order chi connectivity index (χ1) is 10.9. The highest BCUT2D eigenvalue weighted by Gasteiger charge is 2.37. The number of hydrogen-bond acceptors (Lipinski definition) is 4. The molecule has 0 radical (unpaired) electrons. The van der Waals surface area contributed by atoms with Crippen LogP contribution in [-0.2, 0) is 14.3 Å². The van der Waals surface area contributed by atoms with Crippen LogP contribution in [0.5, 0.6) is 0 Å². The summed E-state index contributed by atoms with van der Waals surface area (Å²) >= 11 is 0. The van der Waals surface area contributed by atoms with E-state index in [1.54, 1.807) is 0 Å². The van der Waals surface area contributed by atoms with Crippen molar-refractivity contribution in [2.75, 3.05) is 13.7 Å². The first-order valence-electron chi connectivity index (χ1n) is 7.38. The van der Waals surface area contributed by atoms with Crippen molar-refractivity contribution >= 4 is 11.9 Å². The van der Waals surface area contributed by atoms with Crippen LogP contribution in [0.15, 0.2) is 24.3 Å². The number of carbonyl (C=O) groups excluding carboxylic acids is 1. The zero-order chi connectivity index (χ0) is 17.0. The first kappa shape index (κ1) is 17.4. The minimum atomic E-state index is -1.13. The Morgan fingerprint density at radius 1 is 1.48 bits per heavy atom. The topological polar surface area (TPSA) is 87.1 Å². The van der Waals surface area contributed by atoms with Crippen molar-refractivity contribution in [1.82, 2.24) is 4.90 Å². The summed E-state index contributed by atoms with van der Waals surface area (Å²) in [7, 11) is 1.51. The maximum absolute atomic E-state index is 13.2. The summed E-state index contributed by atoms with van der Waals surface area (Å²) in [5, 5.41) is 19.1. The van der Waals surface area contributed by atoms with Crippen LogP contribution >= 0.6 is 0 Å². The average molecular weight is 325 g/mol. The molecular formula is C16H20FNO5. The highest BCUT2D eigenvalue weighted by molar-refractivity contribution is 5.78. The molecule has 2 N–H and O–H groups in total. The molecule has 1 aliphatic heterocycles. The van der Waals surface area contributed by atoms with Crippen LogP contribution in [-0.4, -0.2) is 52.8 Å². The van der Waals surface area contributed by atoms with Crippen molar-refractivity contribution in [2.45, 2.75) is 37.5 Å². The number of hydrogen-bond donors (Lipinski definition) is 2. The molecule has 0 spiro atoms. The second-order valence-corrected chi connectivity index (χ2v) is 5.67. The summed E-state index contributed by atoms with van der Waals surface area (Å²) in [5.41, 5.74) is 0.315. The second kappa shape index (κ2) is 7.52. The van der Waals surface area contributed by atoms with Gasteiger partial charge in [-0.25, -0.2) is 4.39 Å². The van der Waals surface area contributed by atoms with Crippen molar-refractivity contribution < 1.29 is 28.9 Å². The highest BCUT2D eigenvalue weighted by atomic mass is 19.1. The largest absolute Gasteiger partial charge is 0.481 e. The van der Waals surface area contributed by atoms with Crippen LogP contribution in [0.2, 0.25) is 0 Å². The van der Waals surface area contributed by atoms with Gasteiger partial charge >= 0.3 is 5.97 Å². The Labute approximate surface area is 133 Å². The van der Waals surface area contributed by atoms with Crippen LogP contribution < -0.4 is 0 Å². The monoisotopic (exact) mass is 325 g/mol. The van der Waals surface area contributed by atoms with Crippen molar-refractivity contribution in [3.8, 4) is 0 Å². The quantitative estimate of drug-likeness (QED) is 0.824. The Morgan fingerprint density at radius 2 is 2.22 bits per heavy atom. The van der Waals surface area contributed by atoms with E-state index >= 15 is 0 Å². The molecule has 1 amide bonds. The number of carboxylic acid groups (broad SMARTS) is 1. The molecular weight excluding hydrogens is 305 g/mol. The highest BCUT2D eigenvalue weighted by Crippen LogP contribution is 2.26. The molecule has 3 unspecified atom stereocenters. The van der Waals surface area contributed by atoms with E-state index in [2.05, 4.69) is 0 Å². The molecule has 23 heavy (non-hydrogen) atoms. The molecule has 7 heteroatoms. The number of halogens is 1. The van der Waals surface area contributed by atoms with Gasteiger partial charge in [-0.15, -0.1) is 0 Å². The van der Waals surface area contributed by atoms with E-state index in [-0.39, 0.29) is 24.9 Å². The Kier molecular flexibility index (Phi) is 5.68. The lowest BCUT2D eigenvalue weighted by Gasteiger charge is -2.24. The van der Waals surface area contributed by atoms with Gasteiger partial charge in [-0.1, -0.05) is 12.1 Å². The third kappa shape index (κ3) is 4.49.